The number of aromatic nitrogens is 1. The van der Waals surface area contributed by atoms with Crippen molar-refractivity contribution < 1.29 is 4.39 Å². The zero-order valence-corrected chi connectivity index (χ0v) is 11.1. The third-order valence-corrected chi connectivity index (χ3v) is 4.25. The smallest absolute Gasteiger partial charge is 0.123 e. The van der Waals surface area contributed by atoms with Crippen LogP contribution >= 0.6 is 11.3 Å². The second-order valence-electron chi connectivity index (χ2n) is 4.69. The first-order valence-corrected chi connectivity index (χ1v) is 7.07. The molecule has 3 rings (SSSR count). The molecule has 1 aromatic heterocycles. The van der Waals surface area contributed by atoms with Gasteiger partial charge in [-0.3, -0.25) is 0 Å². The van der Waals surface area contributed by atoms with Crippen molar-refractivity contribution in [3.63, 3.8) is 0 Å². The van der Waals surface area contributed by atoms with Crippen LogP contribution in [0.3, 0.4) is 0 Å². The molecule has 0 radical (unpaired) electrons. The summed E-state index contributed by atoms with van der Waals surface area (Å²) in [6.45, 7) is 3.00. The number of rotatable bonds is 2. The number of thiazole rings is 1. The molecular weight excluding hydrogens is 247 g/mol. The first kappa shape index (κ1) is 11.8. The van der Waals surface area contributed by atoms with Gasteiger partial charge in [-0.25, -0.2) is 9.37 Å². The first-order chi connectivity index (χ1) is 8.74. The Bertz CT molecular complexity index is 559. The van der Waals surface area contributed by atoms with E-state index in [-0.39, 0.29) is 5.82 Å². The number of hydrogen-bond acceptors (Lipinski definition) is 3. The van der Waals surface area contributed by atoms with Gasteiger partial charge in [0.1, 0.15) is 10.8 Å². The minimum Gasteiger partial charge on any atom is -0.309 e. The van der Waals surface area contributed by atoms with E-state index < -0.39 is 0 Å². The minimum atomic E-state index is -0.189. The van der Waals surface area contributed by atoms with Crippen LogP contribution in [0.1, 0.15) is 30.1 Å². The summed E-state index contributed by atoms with van der Waals surface area (Å²) in [6.07, 6.45) is 2.37. The molecule has 2 aromatic rings. The lowest BCUT2D eigenvalue weighted by Crippen LogP contribution is -2.12. The molecule has 94 valence electrons. The van der Waals surface area contributed by atoms with Gasteiger partial charge in [0.15, 0.2) is 0 Å². The Morgan fingerprint density at radius 1 is 1.44 bits per heavy atom. The van der Waals surface area contributed by atoms with Crippen molar-refractivity contribution in [3.05, 3.63) is 40.7 Å². The highest BCUT2D eigenvalue weighted by Crippen LogP contribution is 2.31. The van der Waals surface area contributed by atoms with Crippen LogP contribution in [0.25, 0.3) is 10.6 Å². The van der Waals surface area contributed by atoms with Gasteiger partial charge < -0.3 is 5.32 Å². The standard InChI is InChI=1S/C14H15FN2S/c1-9-7-10(15)4-5-11(9)14-17-13(8-18-14)12-3-2-6-16-12/h4-5,7-8,12,16H,2-3,6H2,1H3/t12-/m0/s1. The van der Waals surface area contributed by atoms with Crippen molar-refractivity contribution >= 4 is 11.3 Å². The zero-order valence-electron chi connectivity index (χ0n) is 10.2. The van der Waals surface area contributed by atoms with Gasteiger partial charge in [-0.2, -0.15) is 0 Å². The van der Waals surface area contributed by atoms with E-state index in [2.05, 4.69) is 15.7 Å². The maximum absolute atomic E-state index is 13.1. The molecule has 0 spiro atoms. The van der Waals surface area contributed by atoms with E-state index in [1.54, 1.807) is 17.4 Å². The van der Waals surface area contributed by atoms with Gasteiger partial charge in [-0.15, -0.1) is 11.3 Å². The lowest BCUT2D eigenvalue weighted by molar-refractivity contribution is 0.626. The Morgan fingerprint density at radius 3 is 3.06 bits per heavy atom. The second-order valence-corrected chi connectivity index (χ2v) is 5.54. The predicted octanol–water partition coefficient (Wildman–Crippen LogP) is 3.68. The lowest BCUT2D eigenvalue weighted by atomic mass is 10.1. The van der Waals surface area contributed by atoms with Gasteiger partial charge in [-0.05, 0) is 50.1 Å². The van der Waals surface area contributed by atoms with Crippen LogP contribution in [0.5, 0.6) is 0 Å². The van der Waals surface area contributed by atoms with Gasteiger partial charge >= 0.3 is 0 Å². The van der Waals surface area contributed by atoms with E-state index in [9.17, 15) is 4.39 Å². The molecule has 0 unspecified atom stereocenters. The molecule has 0 aliphatic carbocycles. The summed E-state index contributed by atoms with van der Waals surface area (Å²) in [5, 5.41) is 6.54. The molecule has 0 amide bonds. The maximum Gasteiger partial charge on any atom is 0.123 e. The van der Waals surface area contributed by atoms with Gasteiger partial charge in [-0.1, -0.05) is 0 Å². The molecule has 1 aromatic carbocycles. The number of benzene rings is 1. The van der Waals surface area contributed by atoms with Crippen LogP contribution < -0.4 is 5.32 Å². The van der Waals surface area contributed by atoms with Crippen molar-refractivity contribution in [1.29, 1.82) is 0 Å². The molecule has 18 heavy (non-hydrogen) atoms. The molecular formula is C14H15FN2S. The van der Waals surface area contributed by atoms with Crippen LogP contribution in [0.2, 0.25) is 0 Å². The molecule has 1 atom stereocenters. The Hall–Kier alpha value is -1.26. The van der Waals surface area contributed by atoms with Crippen molar-refractivity contribution in [1.82, 2.24) is 10.3 Å². The largest absolute Gasteiger partial charge is 0.309 e. The Kier molecular flexibility index (Phi) is 3.14. The molecule has 1 aliphatic rings. The summed E-state index contributed by atoms with van der Waals surface area (Å²) in [5.41, 5.74) is 3.09. The molecule has 1 saturated heterocycles. The topological polar surface area (TPSA) is 24.9 Å². The third-order valence-electron chi connectivity index (χ3n) is 3.36. The molecule has 0 saturated carbocycles. The Balaban J connectivity index is 1.92. The van der Waals surface area contributed by atoms with Gasteiger partial charge in [0.2, 0.25) is 0 Å². The second kappa shape index (κ2) is 4.78. The van der Waals surface area contributed by atoms with Crippen LogP contribution in [-0.4, -0.2) is 11.5 Å². The van der Waals surface area contributed by atoms with Crippen LogP contribution in [0, 0.1) is 12.7 Å². The normalized spacial score (nSPS) is 19.3. The summed E-state index contributed by atoms with van der Waals surface area (Å²) in [4.78, 5) is 4.69. The highest BCUT2D eigenvalue weighted by Gasteiger charge is 2.19. The monoisotopic (exact) mass is 262 g/mol. The molecule has 1 aliphatic heterocycles. The fraction of sp³-hybridized carbons (Fsp3) is 0.357. The molecule has 2 heterocycles. The van der Waals surface area contributed by atoms with E-state index >= 15 is 0 Å². The first-order valence-electron chi connectivity index (χ1n) is 6.19. The summed E-state index contributed by atoms with van der Waals surface area (Å²) < 4.78 is 13.1. The minimum absolute atomic E-state index is 0.189. The zero-order chi connectivity index (χ0) is 12.5. The third kappa shape index (κ3) is 2.18. The maximum atomic E-state index is 13.1. The van der Waals surface area contributed by atoms with Crippen molar-refractivity contribution in [2.24, 2.45) is 0 Å². The molecule has 2 nitrogen and oxygen atoms in total. The molecule has 1 N–H and O–H groups in total. The Labute approximate surface area is 110 Å². The van der Waals surface area contributed by atoms with Crippen molar-refractivity contribution in [2.75, 3.05) is 6.54 Å². The molecule has 4 heteroatoms. The number of aryl methyl sites for hydroxylation is 1. The van der Waals surface area contributed by atoms with E-state index in [1.165, 1.54) is 12.5 Å². The van der Waals surface area contributed by atoms with Crippen LogP contribution in [0.15, 0.2) is 23.6 Å². The summed E-state index contributed by atoms with van der Waals surface area (Å²) in [7, 11) is 0. The highest BCUT2D eigenvalue weighted by atomic mass is 32.1. The summed E-state index contributed by atoms with van der Waals surface area (Å²) in [5.74, 6) is -0.189. The molecule has 1 fully saturated rings. The number of nitrogens with one attached hydrogen (secondary N) is 1. The van der Waals surface area contributed by atoms with E-state index in [0.717, 1.165) is 34.8 Å². The highest BCUT2D eigenvalue weighted by molar-refractivity contribution is 7.13. The van der Waals surface area contributed by atoms with Crippen molar-refractivity contribution in [3.8, 4) is 10.6 Å². The van der Waals surface area contributed by atoms with Crippen molar-refractivity contribution in [2.45, 2.75) is 25.8 Å². The van der Waals surface area contributed by atoms with E-state index in [1.807, 2.05) is 13.0 Å². The average molecular weight is 262 g/mol. The Morgan fingerprint density at radius 2 is 2.33 bits per heavy atom. The van der Waals surface area contributed by atoms with Gasteiger partial charge in [0.05, 0.1) is 11.7 Å². The lowest BCUT2D eigenvalue weighted by Gasteiger charge is -2.05. The quantitative estimate of drug-likeness (QED) is 0.893. The fourth-order valence-electron chi connectivity index (χ4n) is 2.37. The summed E-state index contributed by atoms with van der Waals surface area (Å²) in [6, 6.07) is 5.27. The number of halogens is 1. The van der Waals surface area contributed by atoms with Crippen LogP contribution in [-0.2, 0) is 0 Å². The SMILES string of the molecule is Cc1cc(F)ccc1-c1nc([C@@H]2CCCN2)cs1. The number of hydrogen-bond donors (Lipinski definition) is 1. The average Bonchev–Trinajstić information content (AvgIpc) is 2.99. The van der Waals surface area contributed by atoms with Crippen LogP contribution in [0.4, 0.5) is 4.39 Å². The summed E-state index contributed by atoms with van der Waals surface area (Å²) >= 11 is 1.64. The van der Waals surface area contributed by atoms with E-state index in [4.69, 9.17) is 0 Å². The fourth-order valence-corrected chi connectivity index (χ4v) is 3.34. The number of nitrogens with zero attached hydrogens (tertiary/aromatic N) is 1. The van der Waals surface area contributed by atoms with Gasteiger partial charge in [0, 0.05) is 10.9 Å². The predicted molar refractivity (Wildman–Crippen MR) is 72.2 cm³/mol. The molecule has 0 bridgehead atoms. The van der Waals surface area contributed by atoms with Gasteiger partial charge in [0.25, 0.3) is 0 Å². The van der Waals surface area contributed by atoms with E-state index in [0.29, 0.717) is 6.04 Å².